The van der Waals surface area contributed by atoms with Gasteiger partial charge >= 0.3 is 0 Å². The molecule has 1 amide bonds. The Hall–Kier alpha value is -2.41. The fourth-order valence-corrected chi connectivity index (χ4v) is 3.55. The lowest BCUT2D eigenvalue weighted by molar-refractivity contribution is -0.117. The molecule has 1 aliphatic heterocycles. The van der Waals surface area contributed by atoms with E-state index in [1.165, 1.54) is 0 Å². The summed E-state index contributed by atoms with van der Waals surface area (Å²) in [6.07, 6.45) is 3.59. The predicted octanol–water partition coefficient (Wildman–Crippen LogP) is 2.64. The van der Waals surface area contributed by atoms with Crippen LogP contribution in [0.2, 0.25) is 0 Å². The van der Waals surface area contributed by atoms with Crippen molar-refractivity contribution in [3.8, 4) is 0 Å². The van der Waals surface area contributed by atoms with Gasteiger partial charge in [0.15, 0.2) is 5.82 Å². The van der Waals surface area contributed by atoms with E-state index in [1.54, 1.807) is 6.20 Å². The first kappa shape index (κ1) is 18.4. The standard InChI is InChI=1S/C19H26N4O3/c1-12(17-13(2)22-26-14(17)3)19(25)21-16-5-4-8-20-18(16)23-9-6-15(11-24)7-10-23/h4-5,8,12,15,24H,6-7,9-11H2,1-3H3,(H,21,25)/t12-/m0/s1. The maximum atomic E-state index is 12.8. The molecule has 3 rings (SSSR count). The van der Waals surface area contributed by atoms with E-state index < -0.39 is 0 Å². The van der Waals surface area contributed by atoms with Crippen molar-refractivity contribution in [1.29, 1.82) is 0 Å². The van der Waals surface area contributed by atoms with Crippen LogP contribution in [0.4, 0.5) is 11.5 Å². The van der Waals surface area contributed by atoms with E-state index in [9.17, 15) is 9.90 Å². The smallest absolute Gasteiger partial charge is 0.231 e. The molecule has 0 unspecified atom stereocenters. The number of piperidine rings is 1. The van der Waals surface area contributed by atoms with Crippen LogP contribution in [-0.4, -0.2) is 40.9 Å². The Bertz CT molecular complexity index is 746. The predicted molar refractivity (Wildman–Crippen MR) is 99.3 cm³/mol. The number of carbonyl (C=O) groups is 1. The monoisotopic (exact) mass is 358 g/mol. The molecule has 140 valence electrons. The number of aliphatic hydroxyl groups excluding tert-OH is 1. The normalized spacial score (nSPS) is 16.5. The quantitative estimate of drug-likeness (QED) is 0.854. The summed E-state index contributed by atoms with van der Waals surface area (Å²) < 4.78 is 5.19. The third-order valence-corrected chi connectivity index (χ3v) is 5.13. The fraction of sp³-hybridized carbons (Fsp3) is 0.526. The number of aliphatic hydroxyl groups is 1. The van der Waals surface area contributed by atoms with Crippen molar-refractivity contribution < 1.29 is 14.4 Å². The summed E-state index contributed by atoms with van der Waals surface area (Å²) in [6, 6.07) is 3.69. The molecule has 0 bridgehead atoms. The van der Waals surface area contributed by atoms with Gasteiger partial charge in [0.05, 0.1) is 17.3 Å². The average molecular weight is 358 g/mol. The van der Waals surface area contributed by atoms with Crippen molar-refractivity contribution in [2.75, 3.05) is 29.9 Å². The van der Waals surface area contributed by atoms with Crippen LogP contribution in [0.25, 0.3) is 0 Å². The summed E-state index contributed by atoms with van der Waals surface area (Å²) in [4.78, 5) is 19.4. The Labute approximate surface area is 153 Å². The summed E-state index contributed by atoms with van der Waals surface area (Å²) in [5.41, 5.74) is 2.28. The molecule has 7 heteroatoms. The molecule has 3 heterocycles. The Balaban J connectivity index is 1.75. The Kier molecular flexibility index (Phi) is 5.56. The number of hydrogen-bond donors (Lipinski definition) is 2. The highest BCUT2D eigenvalue weighted by atomic mass is 16.5. The van der Waals surface area contributed by atoms with Crippen LogP contribution >= 0.6 is 0 Å². The molecule has 7 nitrogen and oxygen atoms in total. The maximum absolute atomic E-state index is 12.8. The zero-order chi connectivity index (χ0) is 18.7. The van der Waals surface area contributed by atoms with Gasteiger partial charge in [0, 0.05) is 31.5 Å². The number of rotatable bonds is 5. The average Bonchev–Trinajstić information content (AvgIpc) is 3.00. The molecule has 2 aromatic rings. The van der Waals surface area contributed by atoms with Gasteiger partial charge in [0.25, 0.3) is 0 Å². The van der Waals surface area contributed by atoms with Crippen LogP contribution in [0.5, 0.6) is 0 Å². The molecule has 0 radical (unpaired) electrons. The number of nitrogens with one attached hydrogen (secondary N) is 1. The minimum atomic E-state index is -0.366. The Morgan fingerprint density at radius 3 is 2.77 bits per heavy atom. The molecule has 2 aromatic heterocycles. The van der Waals surface area contributed by atoms with Gasteiger partial charge in [-0.05, 0) is 51.7 Å². The van der Waals surface area contributed by atoms with Gasteiger partial charge < -0.3 is 19.8 Å². The molecule has 2 N–H and O–H groups in total. The summed E-state index contributed by atoms with van der Waals surface area (Å²) in [5.74, 6) is 1.33. The van der Waals surface area contributed by atoms with Crippen LogP contribution in [0.3, 0.4) is 0 Å². The van der Waals surface area contributed by atoms with Crippen molar-refractivity contribution in [1.82, 2.24) is 10.1 Å². The van der Waals surface area contributed by atoms with Crippen LogP contribution in [0.1, 0.15) is 42.7 Å². The number of anilines is 2. The summed E-state index contributed by atoms with van der Waals surface area (Å²) in [5, 5.41) is 16.3. The van der Waals surface area contributed by atoms with E-state index in [1.807, 2.05) is 32.9 Å². The number of aryl methyl sites for hydroxylation is 2. The third kappa shape index (κ3) is 3.72. The lowest BCUT2D eigenvalue weighted by Gasteiger charge is -2.33. The van der Waals surface area contributed by atoms with Crippen LogP contribution in [-0.2, 0) is 4.79 Å². The van der Waals surface area contributed by atoms with Gasteiger partial charge in [-0.1, -0.05) is 5.16 Å². The van der Waals surface area contributed by atoms with Crippen molar-refractivity contribution >= 4 is 17.4 Å². The number of pyridine rings is 1. The van der Waals surface area contributed by atoms with Crippen molar-refractivity contribution in [2.45, 2.75) is 39.5 Å². The van der Waals surface area contributed by atoms with E-state index >= 15 is 0 Å². The minimum absolute atomic E-state index is 0.112. The van der Waals surface area contributed by atoms with Crippen LogP contribution < -0.4 is 10.2 Å². The highest BCUT2D eigenvalue weighted by molar-refractivity contribution is 5.98. The van der Waals surface area contributed by atoms with E-state index in [0.717, 1.165) is 43.0 Å². The number of carbonyl (C=O) groups excluding carboxylic acids is 1. The molecule has 1 aliphatic rings. The molecule has 1 saturated heterocycles. The SMILES string of the molecule is Cc1noc(C)c1[C@H](C)C(=O)Nc1cccnc1N1CCC(CO)CC1. The number of amides is 1. The number of hydrogen-bond acceptors (Lipinski definition) is 6. The zero-order valence-electron chi connectivity index (χ0n) is 15.5. The zero-order valence-corrected chi connectivity index (χ0v) is 15.5. The number of nitrogens with zero attached hydrogens (tertiary/aromatic N) is 3. The first-order valence-corrected chi connectivity index (χ1v) is 9.05. The second-order valence-corrected chi connectivity index (χ2v) is 6.94. The number of aromatic nitrogens is 2. The van der Waals surface area contributed by atoms with Gasteiger partial charge in [-0.15, -0.1) is 0 Å². The molecular weight excluding hydrogens is 332 g/mol. The molecule has 26 heavy (non-hydrogen) atoms. The second kappa shape index (κ2) is 7.86. The van der Waals surface area contributed by atoms with Gasteiger partial charge in [-0.25, -0.2) is 4.98 Å². The van der Waals surface area contributed by atoms with Crippen LogP contribution in [0, 0.1) is 19.8 Å². The van der Waals surface area contributed by atoms with E-state index in [2.05, 4.69) is 20.4 Å². The summed E-state index contributed by atoms with van der Waals surface area (Å²) >= 11 is 0. The van der Waals surface area contributed by atoms with Gasteiger partial charge in [0.1, 0.15) is 5.76 Å². The van der Waals surface area contributed by atoms with E-state index in [0.29, 0.717) is 17.4 Å². The minimum Gasteiger partial charge on any atom is -0.396 e. The third-order valence-electron chi connectivity index (χ3n) is 5.13. The molecule has 0 aliphatic carbocycles. The lowest BCUT2D eigenvalue weighted by atomic mass is 9.97. The van der Waals surface area contributed by atoms with Gasteiger partial charge in [-0.3, -0.25) is 4.79 Å². The largest absolute Gasteiger partial charge is 0.396 e. The molecule has 1 atom stereocenters. The first-order chi connectivity index (χ1) is 12.5. The maximum Gasteiger partial charge on any atom is 0.231 e. The molecule has 1 fully saturated rings. The highest BCUT2D eigenvalue weighted by Gasteiger charge is 2.25. The molecule has 0 aromatic carbocycles. The molecular formula is C19H26N4O3. The Morgan fingerprint density at radius 2 is 2.15 bits per heavy atom. The molecule has 0 saturated carbocycles. The summed E-state index contributed by atoms with van der Waals surface area (Å²) in [6.45, 7) is 7.39. The van der Waals surface area contributed by atoms with Crippen LogP contribution in [0.15, 0.2) is 22.9 Å². The van der Waals surface area contributed by atoms with Crippen molar-refractivity contribution in [3.63, 3.8) is 0 Å². The van der Waals surface area contributed by atoms with Crippen molar-refractivity contribution in [2.24, 2.45) is 5.92 Å². The lowest BCUT2D eigenvalue weighted by Crippen LogP contribution is -2.36. The summed E-state index contributed by atoms with van der Waals surface area (Å²) in [7, 11) is 0. The van der Waals surface area contributed by atoms with E-state index in [4.69, 9.17) is 4.52 Å². The topological polar surface area (TPSA) is 91.5 Å². The highest BCUT2D eigenvalue weighted by Crippen LogP contribution is 2.30. The van der Waals surface area contributed by atoms with E-state index in [-0.39, 0.29) is 18.4 Å². The van der Waals surface area contributed by atoms with Gasteiger partial charge in [-0.2, -0.15) is 0 Å². The van der Waals surface area contributed by atoms with Crippen molar-refractivity contribution in [3.05, 3.63) is 35.3 Å². The first-order valence-electron chi connectivity index (χ1n) is 9.05. The van der Waals surface area contributed by atoms with Gasteiger partial charge in [0.2, 0.25) is 5.91 Å². The second-order valence-electron chi connectivity index (χ2n) is 6.94. The molecule has 0 spiro atoms. The fourth-order valence-electron chi connectivity index (χ4n) is 3.55. The Morgan fingerprint density at radius 1 is 1.42 bits per heavy atom.